The van der Waals surface area contributed by atoms with Crippen LogP contribution in [0.25, 0.3) is 97.1 Å². The minimum atomic E-state index is 0.902. The molecule has 0 saturated carbocycles. The van der Waals surface area contributed by atoms with Gasteiger partial charge < -0.3 is 13.7 Å². The number of hydrogen-bond donors (Lipinski definition) is 0. The Labute approximate surface area is 325 Å². The van der Waals surface area contributed by atoms with E-state index in [0.29, 0.717) is 0 Å². The molecule has 0 aliphatic carbocycles. The van der Waals surface area contributed by atoms with Crippen molar-refractivity contribution in [2.24, 2.45) is 0 Å². The van der Waals surface area contributed by atoms with Gasteiger partial charge in [-0.25, -0.2) is 0 Å². The second-order valence-corrected chi connectivity index (χ2v) is 15.5. The molecule has 0 fully saturated rings. The summed E-state index contributed by atoms with van der Waals surface area (Å²) in [6, 6.07) is 67.2. The summed E-state index contributed by atoms with van der Waals surface area (Å²) in [5.74, 6) is 0. The van der Waals surface area contributed by atoms with E-state index in [0.717, 1.165) is 88.4 Å². The van der Waals surface area contributed by atoms with Gasteiger partial charge in [-0.05, 0) is 82.7 Å². The summed E-state index contributed by atoms with van der Waals surface area (Å²) in [7, 11) is 0. The van der Waals surface area contributed by atoms with E-state index in [9.17, 15) is 0 Å². The Morgan fingerprint density at radius 3 is 1.98 bits per heavy atom. The smallest absolute Gasteiger partial charge is 0.144 e. The maximum Gasteiger partial charge on any atom is 0.144 e. The van der Waals surface area contributed by atoms with Crippen LogP contribution in [0.2, 0.25) is 0 Å². The van der Waals surface area contributed by atoms with Crippen LogP contribution in [0, 0.1) is 0 Å². The lowest BCUT2D eigenvalue weighted by Crippen LogP contribution is -2.10. The van der Waals surface area contributed by atoms with Gasteiger partial charge in [-0.1, -0.05) is 127 Å². The Kier molecular flexibility index (Phi) is 6.80. The Balaban J connectivity index is 1.10. The van der Waals surface area contributed by atoms with Crippen LogP contribution >= 0.6 is 11.3 Å². The molecule has 0 bridgehead atoms. The van der Waals surface area contributed by atoms with Crippen molar-refractivity contribution in [1.29, 1.82) is 0 Å². The largest absolute Gasteiger partial charge is 0.455 e. The number of thiophene rings is 1. The fraction of sp³-hybridized carbons (Fsp3) is 0. The molecule has 56 heavy (non-hydrogen) atoms. The Morgan fingerprint density at radius 1 is 0.375 bits per heavy atom. The molecule has 3 heterocycles. The molecule has 12 aromatic rings. The van der Waals surface area contributed by atoms with Gasteiger partial charge in [0.1, 0.15) is 22.3 Å². The average Bonchev–Trinajstić information content (AvgIpc) is 3.96. The predicted molar refractivity (Wildman–Crippen MR) is 237 cm³/mol. The van der Waals surface area contributed by atoms with E-state index in [4.69, 9.17) is 8.83 Å². The SMILES string of the molecule is c1ccc(-c2cccc(N(c3ccc(-c4cccc5c4oc4ccccc45)cc3)c3cccc4sc5ccc6c7ccc8ccccc8c7oc6c5c34)c2)cc1. The van der Waals surface area contributed by atoms with Crippen LogP contribution in [0.5, 0.6) is 0 Å². The second-order valence-electron chi connectivity index (χ2n) is 14.4. The first kappa shape index (κ1) is 31.2. The molecule has 262 valence electrons. The zero-order valence-corrected chi connectivity index (χ0v) is 30.9. The van der Waals surface area contributed by atoms with Crippen molar-refractivity contribution in [3.63, 3.8) is 0 Å². The van der Waals surface area contributed by atoms with E-state index >= 15 is 0 Å². The summed E-state index contributed by atoms with van der Waals surface area (Å²) in [6.07, 6.45) is 0. The molecule has 0 atom stereocenters. The summed E-state index contributed by atoms with van der Waals surface area (Å²) in [5, 5.41) is 9.17. The predicted octanol–water partition coefficient (Wildman–Crippen LogP) is 15.8. The van der Waals surface area contributed by atoms with Crippen molar-refractivity contribution in [2.75, 3.05) is 4.90 Å². The summed E-state index contributed by atoms with van der Waals surface area (Å²) in [6.45, 7) is 0. The molecular weight excluding hydrogens is 703 g/mol. The molecule has 12 rings (SSSR count). The first-order valence-corrected chi connectivity index (χ1v) is 19.7. The maximum atomic E-state index is 6.97. The lowest BCUT2D eigenvalue weighted by atomic mass is 10.0. The van der Waals surface area contributed by atoms with Crippen LogP contribution in [0.15, 0.2) is 197 Å². The number of rotatable bonds is 5. The average molecular weight is 734 g/mol. The fourth-order valence-electron chi connectivity index (χ4n) is 8.68. The van der Waals surface area contributed by atoms with E-state index in [-0.39, 0.29) is 0 Å². The Morgan fingerprint density at radius 2 is 1.07 bits per heavy atom. The lowest BCUT2D eigenvalue weighted by molar-refractivity contribution is 0.670. The van der Waals surface area contributed by atoms with Gasteiger partial charge in [0.2, 0.25) is 0 Å². The van der Waals surface area contributed by atoms with E-state index < -0.39 is 0 Å². The van der Waals surface area contributed by atoms with Crippen molar-refractivity contribution in [2.45, 2.75) is 0 Å². The van der Waals surface area contributed by atoms with Gasteiger partial charge in [-0.2, -0.15) is 0 Å². The first-order valence-electron chi connectivity index (χ1n) is 18.9. The number of para-hydroxylation sites is 2. The highest BCUT2D eigenvalue weighted by Gasteiger charge is 2.23. The fourth-order valence-corrected chi connectivity index (χ4v) is 9.80. The lowest BCUT2D eigenvalue weighted by Gasteiger charge is -2.27. The molecule has 0 amide bonds. The van der Waals surface area contributed by atoms with E-state index in [1.54, 1.807) is 0 Å². The number of fused-ring (bicyclic) bond motifs is 12. The quantitative estimate of drug-likeness (QED) is 0.176. The number of furan rings is 2. The van der Waals surface area contributed by atoms with Gasteiger partial charge in [-0.15, -0.1) is 11.3 Å². The molecule has 0 aliphatic rings. The molecule has 0 N–H and O–H groups in total. The van der Waals surface area contributed by atoms with Crippen molar-refractivity contribution in [1.82, 2.24) is 0 Å². The standard InChI is InChI=1S/C52H31NO2S/c1-2-11-32(12-3-1)35-14-8-15-37(31-35)53(36-26-23-34(24-27-36)39-18-9-19-41-40-17-6-7-21-45(40)54-50(39)41)44-20-10-22-46-48(44)49-47(56-46)30-29-43-42-28-25-33-13-4-5-16-38(33)51(42)55-52(43)49/h1-31H. The molecule has 0 unspecified atom stereocenters. The molecule has 9 aromatic carbocycles. The summed E-state index contributed by atoms with van der Waals surface area (Å²) < 4.78 is 15.8. The third-order valence-electron chi connectivity index (χ3n) is 11.3. The van der Waals surface area contributed by atoms with Crippen LogP contribution in [-0.2, 0) is 0 Å². The molecule has 0 spiro atoms. The van der Waals surface area contributed by atoms with Crippen LogP contribution in [0.3, 0.4) is 0 Å². The highest BCUT2D eigenvalue weighted by Crippen LogP contribution is 2.49. The van der Waals surface area contributed by atoms with Gasteiger partial charge in [0.15, 0.2) is 0 Å². The molecule has 0 radical (unpaired) electrons. The zero-order valence-electron chi connectivity index (χ0n) is 30.1. The summed E-state index contributed by atoms with van der Waals surface area (Å²) in [5.41, 5.74) is 11.4. The molecule has 3 nitrogen and oxygen atoms in total. The van der Waals surface area contributed by atoms with Crippen LogP contribution in [-0.4, -0.2) is 0 Å². The monoisotopic (exact) mass is 733 g/mol. The van der Waals surface area contributed by atoms with E-state index in [1.165, 1.54) is 25.7 Å². The number of hydrogen-bond acceptors (Lipinski definition) is 4. The van der Waals surface area contributed by atoms with Gasteiger partial charge in [-0.3, -0.25) is 0 Å². The van der Waals surface area contributed by atoms with Crippen LogP contribution in [0.1, 0.15) is 0 Å². The number of anilines is 3. The molecule has 0 aliphatic heterocycles. The van der Waals surface area contributed by atoms with Crippen LogP contribution in [0.4, 0.5) is 17.1 Å². The minimum absolute atomic E-state index is 0.902. The highest BCUT2D eigenvalue weighted by atomic mass is 32.1. The van der Waals surface area contributed by atoms with Crippen molar-refractivity contribution < 1.29 is 8.83 Å². The van der Waals surface area contributed by atoms with Gasteiger partial charge >= 0.3 is 0 Å². The summed E-state index contributed by atoms with van der Waals surface area (Å²) in [4.78, 5) is 2.41. The Bertz CT molecular complexity index is 3480. The van der Waals surface area contributed by atoms with Gasteiger partial charge in [0.05, 0.1) is 5.69 Å². The topological polar surface area (TPSA) is 29.5 Å². The molecule has 4 heteroatoms. The summed E-state index contributed by atoms with van der Waals surface area (Å²) >= 11 is 1.82. The first-order chi connectivity index (χ1) is 27.8. The second kappa shape index (κ2) is 12.2. The minimum Gasteiger partial charge on any atom is -0.455 e. The highest BCUT2D eigenvalue weighted by molar-refractivity contribution is 7.26. The Hall–Kier alpha value is -7.14. The molecular formula is C52H31NO2S. The third-order valence-corrected chi connectivity index (χ3v) is 12.4. The van der Waals surface area contributed by atoms with Crippen molar-refractivity contribution in [3.8, 4) is 22.3 Å². The molecule has 0 saturated heterocycles. The van der Waals surface area contributed by atoms with Gasteiger partial charge in [0.25, 0.3) is 0 Å². The van der Waals surface area contributed by atoms with Crippen molar-refractivity contribution >= 4 is 103 Å². The zero-order chi connectivity index (χ0) is 36.7. The van der Waals surface area contributed by atoms with Crippen molar-refractivity contribution in [3.05, 3.63) is 188 Å². The van der Waals surface area contributed by atoms with Crippen LogP contribution < -0.4 is 4.90 Å². The third kappa shape index (κ3) is 4.70. The number of benzene rings is 9. The normalized spacial score (nSPS) is 11.9. The maximum absolute atomic E-state index is 6.97. The van der Waals surface area contributed by atoms with Gasteiger partial charge in [0, 0.05) is 64.0 Å². The number of nitrogens with zero attached hydrogens (tertiary/aromatic N) is 1. The van der Waals surface area contributed by atoms with E-state index in [1.807, 2.05) is 23.5 Å². The molecule has 3 aromatic heterocycles. The van der Waals surface area contributed by atoms with E-state index in [2.05, 4.69) is 181 Å².